The first kappa shape index (κ1) is 12.9. The van der Waals surface area contributed by atoms with Gasteiger partial charge in [0, 0.05) is 23.2 Å². The minimum Gasteiger partial charge on any atom is -0.504 e. The van der Waals surface area contributed by atoms with Gasteiger partial charge in [0.2, 0.25) is 5.13 Å². The molecule has 0 atom stereocenters. The largest absolute Gasteiger partial charge is 0.504 e. The third kappa shape index (κ3) is 2.83. The molecule has 1 heterocycles. The minimum atomic E-state index is 0.0793. The lowest BCUT2D eigenvalue weighted by molar-refractivity contribution is 0.371. The maximum Gasteiger partial charge on any atom is 0.205 e. The summed E-state index contributed by atoms with van der Waals surface area (Å²) in [5.74, 6) is 0.434. The number of methoxy groups -OCH3 is 1. The first-order valence-corrected chi connectivity index (χ1v) is 6.39. The maximum atomic E-state index is 9.94. The Labute approximate surface area is 113 Å². The SMILES string of the molecule is COc1cc(Cl)cc(CNc2nnc(C)s2)c1O. The van der Waals surface area contributed by atoms with Crippen molar-refractivity contribution in [1.82, 2.24) is 10.2 Å². The topological polar surface area (TPSA) is 67.3 Å². The van der Waals surface area contributed by atoms with E-state index in [1.54, 1.807) is 12.1 Å². The summed E-state index contributed by atoms with van der Waals surface area (Å²) in [7, 11) is 1.48. The summed E-state index contributed by atoms with van der Waals surface area (Å²) in [6.45, 7) is 2.28. The molecule has 2 aromatic rings. The van der Waals surface area contributed by atoms with E-state index < -0.39 is 0 Å². The van der Waals surface area contributed by atoms with Crippen LogP contribution in [-0.4, -0.2) is 22.4 Å². The number of phenols is 1. The van der Waals surface area contributed by atoms with E-state index in [9.17, 15) is 5.11 Å². The second kappa shape index (κ2) is 5.41. The molecule has 0 bridgehead atoms. The van der Waals surface area contributed by atoms with Gasteiger partial charge in [0.1, 0.15) is 5.01 Å². The molecule has 0 aliphatic carbocycles. The Bertz CT molecular complexity index is 559. The number of phenolic OH excluding ortho intramolecular Hbond substituents is 1. The smallest absolute Gasteiger partial charge is 0.205 e. The lowest BCUT2D eigenvalue weighted by Gasteiger charge is -2.10. The Hall–Kier alpha value is -1.53. The summed E-state index contributed by atoms with van der Waals surface area (Å²) in [4.78, 5) is 0. The summed E-state index contributed by atoms with van der Waals surface area (Å²) in [6.07, 6.45) is 0. The summed E-state index contributed by atoms with van der Waals surface area (Å²) in [6, 6.07) is 3.25. The first-order valence-electron chi connectivity index (χ1n) is 5.19. The van der Waals surface area contributed by atoms with E-state index >= 15 is 0 Å². The molecule has 0 saturated carbocycles. The van der Waals surface area contributed by atoms with Crippen molar-refractivity contribution >= 4 is 28.1 Å². The maximum absolute atomic E-state index is 9.94. The van der Waals surface area contributed by atoms with Gasteiger partial charge in [0.25, 0.3) is 0 Å². The van der Waals surface area contributed by atoms with Gasteiger partial charge in [-0.2, -0.15) is 0 Å². The molecule has 1 aromatic heterocycles. The zero-order valence-corrected chi connectivity index (χ0v) is 11.5. The van der Waals surface area contributed by atoms with Crippen molar-refractivity contribution in [2.45, 2.75) is 13.5 Å². The van der Waals surface area contributed by atoms with Gasteiger partial charge in [-0.3, -0.25) is 0 Å². The Morgan fingerprint density at radius 1 is 1.44 bits per heavy atom. The molecule has 18 heavy (non-hydrogen) atoms. The molecule has 0 unspecified atom stereocenters. The van der Waals surface area contributed by atoms with E-state index in [0.29, 0.717) is 28.0 Å². The van der Waals surface area contributed by atoms with Crippen LogP contribution in [0.2, 0.25) is 5.02 Å². The average molecular weight is 286 g/mol. The third-order valence-corrected chi connectivity index (χ3v) is 3.31. The molecule has 0 aliphatic heterocycles. The lowest BCUT2D eigenvalue weighted by atomic mass is 10.2. The number of hydrogen-bond donors (Lipinski definition) is 2. The minimum absolute atomic E-state index is 0.0793. The van der Waals surface area contributed by atoms with Crippen LogP contribution in [0.5, 0.6) is 11.5 Å². The van der Waals surface area contributed by atoms with Crippen molar-refractivity contribution in [1.29, 1.82) is 0 Å². The first-order chi connectivity index (χ1) is 8.60. The van der Waals surface area contributed by atoms with Crippen LogP contribution in [-0.2, 0) is 6.54 Å². The van der Waals surface area contributed by atoms with Crippen molar-refractivity contribution in [2.24, 2.45) is 0 Å². The van der Waals surface area contributed by atoms with Crippen LogP contribution in [0, 0.1) is 6.92 Å². The zero-order chi connectivity index (χ0) is 13.1. The highest BCUT2D eigenvalue weighted by Gasteiger charge is 2.10. The molecule has 0 spiro atoms. The predicted octanol–water partition coefficient (Wildman–Crippen LogP) is 2.83. The molecule has 1 aromatic carbocycles. The fraction of sp³-hybridized carbons (Fsp3) is 0.273. The highest BCUT2D eigenvalue weighted by molar-refractivity contribution is 7.15. The molecule has 2 N–H and O–H groups in total. The van der Waals surface area contributed by atoms with E-state index in [1.807, 2.05) is 6.92 Å². The molecule has 96 valence electrons. The van der Waals surface area contributed by atoms with Gasteiger partial charge in [-0.15, -0.1) is 10.2 Å². The van der Waals surface area contributed by atoms with E-state index in [2.05, 4.69) is 15.5 Å². The van der Waals surface area contributed by atoms with Gasteiger partial charge in [-0.05, 0) is 13.0 Å². The second-order valence-corrected chi connectivity index (χ2v) is 5.21. The highest BCUT2D eigenvalue weighted by Crippen LogP contribution is 2.33. The lowest BCUT2D eigenvalue weighted by Crippen LogP contribution is -2.00. The normalized spacial score (nSPS) is 10.4. The van der Waals surface area contributed by atoms with Crippen LogP contribution in [0.1, 0.15) is 10.6 Å². The summed E-state index contributed by atoms with van der Waals surface area (Å²) >= 11 is 7.39. The highest BCUT2D eigenvalue weighted by atomic mass is 35.5. The van der Waals surface area contributed by atoms with E-state index in [4.69, 9.17) is 16.3 Å². The standard InChI is InChI=1S/C11H12ClN3O2S/c1-6-14-15-11(18-6)13-5-7-3-8(12)4-9(17-2)10(7)16/h3-4,16H,5H2,1-2H3,(H,13,15). The van der Waals surface area contributed by atoms with Gasteiger partial charge in [-0.1, -0.05) is 22.9 Å². The Morgan fingerprint density at radius 3 is 2.83 bits per heavy atom. The molecular formula is C11H12ClN3O2S. The van der Waals surface area contributed by atoms with E-state index in [-0.39, 0.29) is 5.75 Å². The number of nitrogens with zero attached hydrogens (tertiary/aromatic N) is 2. The predicted molar refractivity (Wildman–Crippen MR) is 71.6 cm³/mol. The number of ether oxygens (including phenoxy) is 1. The van der Waals surface area contributed by atoms with Gasteiger partial charge >= 0.3 is 0 Å². The number of rotatable bonds is 4. The average Bonchev–Trinajstić information content (AvgIpc) is 2.75. The van der Waals surface area contributed by atoms with Crippen molar-refractivity contribution in [3.8, 4) is 11.5 Å². The van der Waals surface area contributed by atoms with E-state index in [1.165, 1.54) is 18.4 Å². The number of benzene rings is 1. The van der Waals surface area contributed by atoms with Crippen molar-refractivity contribution in [2.75, 3.05) is 12.4 Å². The Morgan fingerprint density at radius 2 is 2.22 bits per heavy atom. The van der Waals surface area contributed by atoms with E-state index in [0.717, 1.165) is 5.01 Å². The molecule has 0 radical (unpaired) electrons. The fourth-order valence-electron chi connectivity index (χ4n) is 1.46. The van der Waals surface area contributed by atoms with Crippen LogP contribution in [0.3, 0.4) is 0 Å². The molecule has 7 heteroatoms. The second-order valence-electron chi connectivity index (χ2n) is 3.60. The Kier molecular flexibility index (Phi) is 3.88. The number of aryl methyl sites for hydroxylation is 1. The van der Waals surface area contributed by atoms with Gasteiger partial charge < -0.3 is 15.2 Å². The number of halogens is 1. The molecule has 0 fully saturated rings. The summed E-state index contributed by atoms with van der Waals surface area (Å²) < 4.78 is 5.04. The number of hydrogen-bond acceptors (Lipinski definition) is 6. The zero-order valence-electron chi connectivity index (χ0n) is 9.90. The number of aromatic nitrogens is 2. The van der Waals surface area contributed by atoms with Crippen molar-refractivity contribution < 1.29 is 9.84 Å². The van der Waals surface area contributed by atoms with Crippen LogP contribution in [0.4, 0.5) is 5.13 Å². The molecule has 5 nitrogen and oxygen atoms in total. The molecule has 0 aliphatic rings. The molecule has 0 saturated heterocycles. The number of anilines is 1. The number of nitrogens with one attached hydrogen (secondary N) is 1. The van der Waals surface area contributed by atoms with Crippen LogP contribution >= 0.6 is 22.9 Å². The van der Waals surface area contributed by atoms with Crippen LogP contribution in [0.15, 0.2) is 12.1 Å². The van der Waals surface area contributed by atoms with Crippen molar-refractivity contribution in [3.05, 3.63) is 27.7 Å². The Balaban J connectivity index is 2.16. The summed E-state index contributed by atoms with van der Waals surface area (Å²) in [5.41, 5.74) is 0.646. The molecule has 2 rings (SSSR count). The van der Waals surface area contributed by atoms with Gasteiger partial charge in [-0.25, -0.2) is 0 Å². The van der Waals surface area contributed by atoms with Crippen molar-refractivity contribution in [3.63, 3.8) is 0 Å². The molecular weight excluding hydrogens is 274 g/mol. The fourth-order valence-corrected chi connectivity index (χ4v) is 2.28. The molecule has 0 amide bonds. The summed E-state index contributed by atoms with van der Waals surface area (Å²) in [5, 5.41) is 22.9. The van der Waals surface area contributed by atoms with Crippen LogP contribution < -0.4 is 10.1 Å². The monoisotopic (exact) mass is 285 g/mol. The number of aromatic hydroxyl groups is 1. The quantitative estimate of drug-likeness (QED) is 0.904. The van der Waals surface area contributed by atoms with Gasteiger partial charge in [0.05, 0.1) is 7.11 Å². The third-order valence-electron chi connectivity index (χ3n) is 2.29. The van der Waals surface area contributed by atoms with Crippen LogP contribution in [0.25, 0.3) is 0 Å². The van der Waals surface area contributed by atoms with Gasteiger partial charge in [0.15, 0.2) is 11.5 Å².